The molecule has 39 heavy (non-hydrogen) atoms. The zero-order valence-corrected chi connectivity index (χ0v) is 22.5. The molecule has 8 nitrogen and oxygen atoms in total. The van der Waals surface area contributed by atoms with Crippen LogP contribution in [0.3, 0.4) is 0 Å². The van der Waals surface area contributed by atoms with Gasteiger partial charge in [0, 0.05) is 27.8 Å². The highest BCUT2D eigenvalue weighted by molar-refractivity contribution is 7.13. The lowest BCUT2D eigenvalue weighted by Gasteiger charge is -2.36. The molecule has 0 N–H and O–H groups in total. The summed E-state index contributed by atoms with van der Waals surface area (Å²) in [4.78, 5) is 27.7. The van der Waals surface area contributed by atoms with Crippen molar-refractivity contribution in [2.75, 3.05) is 10.0 Å². The second-order valence-electron chi connectivity index (χ2n) is 8.15. The van der Waals surface area contributed by atoms with Gasteiger partial charge in [0.25, 0.3) is 0 Å². The number of nitrogens with zero attached hydrogens (tertiary/aromatic N) is 8. The van der Waals surface area contributed by atoms with Crippen LogP contribution >= 0.6 is 34.5 Å². The first-order chi connectivity index (χ1) is 19.2. The maximum atomic E-state index is 6.27. The van der Waals surface area contributed by atoms with E-state index >= 15 is 0 Å². The third-order valence-corrected chi connectivity index (χ3v) is 6.90. The number of hydrogen-bond donors (Lipinski definition) is 0. The average molecular weight is 569 g/mol. The van der Waals surface area contributed by atoms with Crippen LogP contribution in [-0.4, -0.2) is 29.9 Å². The van der Waals surface area contributed by atoms with Gasteiger partial charge in [0.15, 0.2) is 11.6 Å². The first-order valence-corrected chi connectivity index (χ1v) is 13.4. The molecule has 0 saturated carbocycles. The second kappa shape index (κ2) is 11.1. The molecule has 4 heterocycles. The average Bonchev–Trinajstić information content (AvgIpc) is 3.53. The highest BCUT2D eigenvalue weighted by Gasteiger charge is 2.25. The van der Waals surface area contributed by atoms with Crippen LogP contribution in [0.15, 0.2) is 109 Å². The predicted molar refractivity (Wildman–Crippen MR) is 156 cm³/mol. The Morgan fingerprint density at radius 1 is 0.564 bits per heavy atom. The van der Waals surface area contributed by atoms with Crippen molar-refractivity contribution >= 4 is 57.5 Å². The van der Waals surface area contributed by atoms with E-state index in [4.69, 9.17) is 33.2 Å². The molecule has 190 valence electrons. The number of thiazole rings is 1. The maximum absolute atomic E-state index is 6.27. The Hall–Kier alpha value is -4.44. The maximum Gasteiger partial charge on any atom is 0.171 e. The smallest absolute Gasteiger partial charge is 0.171 e. The number of halogens is 2. The van der Waals surface area contributed by atoms with Crippen LogP contribution < -0.4 is 10.0 Å². The molecule has 0 radical (unpaired) electrons. The normalized spacial score (nSPS) is 10.8. The molecule has 0 bridgehead atoms. The molecular formula is C28H18Cl2N8S. The summed E-state index contributed by atoms with van der Waals surface area (Å²) in [6, 6.07) is 20.5. The van der Waals surface area contributed by atoms with Gasteiger partial charge in [-0.1, -0.05) is 29.3 Å². The third-order valence-electron chi connectivity index (χ3n) is 5.60. The molecule has 6 rings (SSSR count). The van der Waals surface area contributed by atoms with Crippen LogP contribution in [0.2, 0.25) is 10.0 Å². The van der Waals surface area contributed by atoms with E-state index < -0.39 is 0 Å². The molecule has 0 unspecified atom stereocenters. The van der Waals surface area contributed by atoms with Gasteiger partial charge in [0.2, 0.25) is 0 Å². The van der Waals surface area contributed by atoms with E-state index in [2.05, 4.69) is 19.9 Å². The van der Waals surface area contributed by atoms with Gasteiger partial charge in [0.1, 0.15) is 16.4 Å². The van der Waals surface area contributed by atoms with Crippen molar-refractivity contribution in [2.45, 2.75) is 0 Å². The van der Waals surface area contributed by atoms with Crippen molar-refractivity contribution in [1.82, 2.24) is 29.9 Å². The number of hydrazine groups is 1. The molecule has 0 amide bonds. The van der Waals surface area contributed by atoms with Crippen molar-refractivity contribution in [3.8, 4) is 22.1 Å². The van der Waals surface area contributed by atoms with Gasteiger partial charge in [-0.15, -0.1) is 11.3 Å². The number of hydrogen-bond acceptors (Lipinski definition) is 9. The minimum Gasteiger partial charge on any atom is -0.258 e. The second-order valence-corrected chi connectivity index (χ2v) is 9.92. The van der Waals surface area contributed by atoms with Crippen LogP contribution in [0.4, 0.5) is 23.0 Å². The minimum atomic E-state index is 0.525. The van der Waals surface area contributed by atoms with E-state index in [9.17, 15) is 0 Å². The summed E-state index contributed by atoms with van der Waals surface area (Å²) in [5.74, 6) is 1.06. The molecule has 0 aliphatic rings. The summed E-state index contributed by atoms with van der Waals surface area (Å²) in [6.45, 7) is 0. The lowest BCUT2D eigenvalue weighted by atomic mass is 10.2. The Morgan fingerprint density at radius 3 is 1.69 bits per heavy atom. The Balaban J connectivity index is 1.57. The molecule has 0 spiro atoms. The molecule has 2 aromatic carbocycles. The minimum absolute atomic E-state index is 0.525. The quantitative estimate of drug-likeness (QED) is 0.181. The van der Waals surface area contributed by atoms with E-state index in [1.807, 2.05) is 82.1 Å². The first-order valence-electron chi connectivity index (χ1n) is 11.7. The van der Waals surface area contributed by atoms with Gasteiger partial charge in [-0.25, -0.2) is 25.0 Å². The molecule has 6 aromatic rings. The van der Waals surface area contributed by atoms with Gasteiger partial charge in [0.05, 0.1) is 41.9 Å². The summed E-state index contributed by atoms with van der Waals surface area (Å²) < 4.78 is 0. The molecule has 0 aliphatic heterocycles. The number of rotatable bonds is 7. The number of benzene rings is 2. The van der Waals surface area contributed by atoms with Crippen LogP contribution in [-0.2, 0) is 0 Å². The van der Waals surface area contributed by atoms with Gasteiger partial charge in [-0.3, -0.25) is 15.0 Å². The summed E-state index contributed by atoms with van der Waals surface area (Å²) in [7, 11) is 0. The van der Waals surface area contributed by atoms with Crippen LogP contribution in [0.25, 0.3) is 22.1 Å². The van der Waals surface area contributed by atoms with Crippen molar-refractivity contribution in [3.63, 3.8) is 0 Å². The van der Waals surface area contributed by atoms with Gasteiger partial charge in [-0.05, 0) is 60.7 Å². The highest BCUT2D eigenvalue weighted by atomic mass is 35.5. The first kappa shape index (κ1) is 24.9. The van der Waals surface area contributed by atoms with Crippen molar-refractivity contribution < 1.29 is 0 Å². The number of aromatic nitrogens is 6. The fraction of sp³-hybridized carbons (Fsp3) is 0. The van der Waals surface area contributed by atoms with Gasteiger partial charge < -0.3 is 0 Å². The van der Waals surface area contributed by atoms with E-state index in [0.29, 0.717) is 38.8 Å². The van der Waals surface area contributed by atoms with Crippen LogP contribution in [0.5, 0.6) is 0 Å². The zero-order valence-electron chi connectivity index (χ0n) is 20.1. The summed E-state index contributed by atoms with van der Waals surface area (Å²) in [5, 5.41) is 7.67. The molecule has 0 fully saturated rings. The lowest BCUT2D eigenvalue weighted by molar-refractivity contribution is 0.922. The molecule has 4 aromatic heterocycles. The molecular weight excluding hydrogens is 551 g/mol. The fourth-order valence-electron chi connectivity index (χ4n) is 3.87. The molecule has 0 saturated heterocycles. The topological polar surface area (TPSA) is 83.8 Å². The predicted octanol–water partition coefficient (Wildman–Crippen LogP) is 7.65. The highest BCUT2D eigenvalue weighted by Crippen LogP contribution is 2.37. The number of pyridine rings is 1. The monoisotopic (exact) mass is 568 g/mol. The summed E-state index contributed by atoms with van der Waals surface area (Å²) in [6.07, 6.45) is 10.2. The van der Waals surface area contributed by atoms with E-state index in [1.54, 1.807) is 37.2 Å². The van der Waals surface area contributed by atoms with E-state index in [-0.39, 0.29) is 0 Å². The Labute approximate surface area is 238 Å². The molecule has 11 heteroatoms. The zero-order chi connectivity index (χ0) is 26.6. The summed E-state index contributed by atoms with van der Waals surface area (Å²) >= 11 is 14.0. The Kier molecular flexibility index (Phi) is 7.09. The Morgan fingerprint density at radius 2 is 1.15 bits per heavy atom. The lowest BCUT2D eigenvalue weighted by Crippen LogP contribution is -2.37. The number of anilines is 4. The summed E-state index contributed by atoms with van der Waals surface area (Å²) in [5.41, 5.74) is 3.50. The van der Waals surface area contributed by atoms with Gasteiger partial charge >= 0.3 is 0 Å². The molecule has 0 atom stereocenters. The standard InChI is InChI=1S/C28H18Cl2N8S/c29-19-4-8-21(9-5-19)37(26-17-31-15-24(35-26)23-3-1-2-12-33-23)38(22-10-6-20(30)7-11-22)27-18-32-16-25(36-27)28-34-13-14-39-28/h1-18H. The third kappa shape index (κ3) is 5.42. The SMILES string of the molecule is Clc1ccc(N(c2cncc(-c3ccccn3)n2)N(c2ccc(Cl)cc2)c2cncc(-c3nccs3)n2)cc1. The van der Waals surface area contributed by atoms with Crippen LogP contribution in [0.1, 0.15) is 0 Å². The van der Waals surface area contributed by atoms with Crippen molar-refractivity contribution in [2.24, 2.45) is 0 Å². The largest absolute Gasteiger partial charge is 0.258 e. The van der Waals surface area contributed by atoms with Crippen LogP contribution in [0, 0.1) is 0 Å². The Bertz CT molecular complexity index is 1680. The molecule has 0 aliphatic carbocycles. The fourth-order valence-corrected chi connectivity index (χ4v) is 4.71. The van der Waals surface area contributed by atoms with Crippen molar-refractivity contribution in [1.29, 1.82) is 0 Å². The van der Waals surface area contributed by atoms with Gasteiger partial charge in [-0.2, -0.15) is 0 Å². The van der Waals surface area contributed by atoms with Crippen molar-refractivity contribution in [3.05, 3.63) is 119 Å². The van der Waals surface area contributed by atoms with E-state index in [1.165, 1.54) is 11.3 Å². The van der Waals surface area contributed by atoms with E-state index in [0.717, 1.165) is 16.4 Å².